The van der Waals surface area contributed by atoms with E-state index in [1.165, 1.54) is 36.9 Å². The Kier molecular flexibility index (Phi) is 1.57. The first-order chi connectivity index (χ1) is 6.45. The smallest absolute Gasteiger partial charge is 0.228 e. The van der Waals surface area contributed by atoms with Crippen molar-refractivity contribution < 1.29 is 4.52 Å². The van der Waals surface area contributed by atoms with E-state index < -0.39 is 0 Å². The van der Waals surface area contributed by atoms with Crippen LogP contribution in [-0.2, 0) is 6.42 Å². The third kappa shape index (κ3) is 1.06. The third-order valence-corrected chi connectivity index (χ3v) is 3.22. The minimum Gasteiger partial charge on any atom is -0.353 e. The van der Waals surface area contributed by atoms with Crippen LogP contribution in [0.3, 0.4) is 0 Å². The summed E-state index contributed by atoms with van der Waals surface area (Å²) in [6, 6.07) is 0. The van der Waals surface area contributed by atoms with Gasteiger partial charge in [-0.3, -0.25) is 0 Å². The Balaban J connectivity index is 1.95. The van der Waals surface area contributed by atoms with Crippen LogP contribution in [0.15, 0.2) is 4.52 Å². The second-order valence-electron chi connectivity index (χ2n) is 4.03. The molecule has 1 aliphatic heterocycles. The summed E-state index contributed by atoms with van der Waals surface area (Å²) in [5.41, 5.74) is 2.60. The van der Waals surface area contributed by atoms with Crippen LogP contribution in [0, 0.1) is 0 Å². The maximum Gasteiger partial charge on any atom is 0.228 e. The molecule has 3 heteroatoms. The summed E-state index contributed by atoms with van der Waals surface area (Å²) in [7, 11) is 0. The lowest BCUT2D eigenvalue weighted by atomic mass is 9.99. The molecule has 3 rings (SSSR count). The lowest BCUT2D eigenvalue weighted by Crippen LogP contribution is -1.98. The predicted molar refractivity (Wildman–Crippen MR) is 49.9 cm³/mol. The summed E-state index contributed by atoms with van der Waals surface area (Å²) >= 11 is 0. The Labute approximate surface area is 77.5 Å². The molecule has 1 fully saturated rings. The van der Waals surface area contributed by atoms with E-state index in [9.17, 15) is 0 Å². The third-order valence-electron chi connectivity index (χ3n) is 3.22. The first-order valence-electron chi connectivity index (χ1n) is 5.17. The van der Waals surface area contributed by atoms with E-state index in [-0.39, 0.29) is 0 Å². The fourth-order valence-electron chi connectivity index (χ4n) is 2.52. The minimum atomic E-state index is 0.687. The Morgan fingerprint density at radius 3 is 3.00 bits per heavy atom. The van der Waals surface area contributed by atoms with Crippen molar-refractivity contribution in [2.45, 2.75) is 38.0 Å². The lowest BCUT2D eigenvalue weighted by Gasteiger charge is -2.04. The Morgan fingerprint density at radius 1 is 1.31 bits per heavy atom. The van der Waals surface area contributed by atoms with Gasteiger partial charge in [0.2, 0.25) is 5.88 Å². The number of nitrogens with zero attached hydrogens (tertiary/aromatic N) is 1. The summed E-state index contributed by atoms with van der Waals surface area (Å²) in [4.78, 5) is 0. The van der Waals surface area contributed by atoms with E-state index in [4.69, 9.17) is 4.52 Å². The normalized spacial score (nSPS) is 21.8. The Morgan fingerprint density at radius 2 is 2.15 bits per heavy atom. The quantitative estimate of drug-likeness (QED) is 0.717. The molecule has 0 radical (unpaired) electrons. The van der Waals surface area contributed by atoms with Crippen LogP contribution < -0.4 is 5.32 Å². The number of fused-ring (bicyclic) bond motifs is 1. The summed E-state index contributed by atoms with van der Waals surface area (Å²) in [5.74, 6) is 1.62. The molecular weight excluding hydrogens is 164 g/mol. The number of hydrogen-bond donors (Lipinski definition) is 1. The van der Waals surface area contributed by atoms with Crippen molar-refractivity contribution in [3.8, 4) is 0 Å². The molecule has 1 aromatic heterocycles. The van der Waals surface area contributed by atoms with Crippen molar-refractivity contribution in [3.63, 3.8) is 0 Å². The monoisotopic (exact) mass is 178 g/mol. The average molecular weight is 178 g/mol. The van der Waals surface area contributed by atoms with E-state index in [1.807, 2.05) is 0 Å². The molecule has 0 atom stereocenters. The van der Waals surface area contributed by atoms with Crippen LogP contribution >= 0.6 is 0 Å². The Bertz CT molecular complexity index is 313. The van der Waals surface area contributed by atoms with Gasteiger partial charge in [-0.15, -0.1) is 0 Å². The van der Waals surface area contributed by atoms with Crippen molar-refractivity contribution in [2.24, 2.45) is 0 Å². The van der Waals surface area contributed by atoms with E-state index in [0.717, 1.165) is 18.8 Å². The second kappa shape index (κ2) is 2.76. The molecule has 0 unspecified atom stereocenters. The minimum absolute atomic E-state index is 0.687. The van der Waals surface area contributed by atoms with Gasteiger partial charge in [-0.1, -0.05) is 18.0 Å². The molecule has 0 bridgehead atoms. The number of aromatic nitrogens is 1. The van der Waals surface area contributed by atoms with Crippen molar-refractivity contribution in [2.75, 3.05) is 11.9 Å². The standard InChI is InChI=1S/C10H14N2O/c1-2-4-7(3-1)9-8-5-6-11-10(8)13-12-9/h7,11H,1-6H2. The molecule has 13 heavy (non-hydrogen) atoms. The molecule has 1 N–H and O–H groups in total. The van der Waals surface area contributed by atoms with E-state index in [1.54, 1.807) is 0 Å². The predicted octanol–water partition coefficient (Wildman–Crippen LogP) is 2.30. The summed E-state index contributed by atoms with van der Waals surface area (Å²) in [6.45, 7) is 1.02. The van der Waals surface area contributed by atoms with E-state index in [2.05, 4.69) is 10.5 Å². The van der Waals surface area contributed by atoms with Crippen molar-refractivity contribution >= 4 is 5.88 Å². The van der Waals surface area contributed by atoms with Gasteiger partial charge in [0.1, 0.15) is 0 Å². The Hall–Kier alpha value is -0.990. The van der Waals surface area contributed by atoms with Crippen LogP contribution in [0.25, 0.3) is 0 Å². The SMILES string of the molecule is C1CCC(c2noc3c2CCN3)C1. The zero-order valence-electron chi connectivity index (χ0n) is 7.68. The number of hydrogen-bond acceptors (Lipinski definition) is 3. The first-order valence-corrected chi connectivity index (χ1v) is 5.17. The molecule has 0 spiro atoms. The fourth-order valence-corrected chi connectivity index (χ4v) is 2.52. The summed E-state index contributed by atoms with van der Waals surface area (Å²) in [5, 5.41) is 7.40. The average Bonchev–Trinajstić information content (AvgIpc) is 2.79. The van der Waals surface area contributed by atoms with Gasteiger partial charge in [-0.05, 0) is 19.3 Å². The molecule has 70 valence electrons. The van der Waals surface area contributed by atoms with Crippen LogP contribution in [-0.4, -0.2) is 11.7 Å². The van der Waals surface area contributed by atoms with Crippen LogP contribution in [0.2, 0.25) is 0 Å². The largest absolute Gasteiger partial charge is 0.353 e. The highest BCUT2D eigenvalue weighted by Gasteiger charge is 2.28. The zero-order chi connectivity index (χ0) is 8.67. The van der Waals surface area contributed by atoms with E-state index >= 15 is 0 Å². The molecule has 2 aliphatic rings. The number of nitrogens with one attached hydrogen (secondary N) is 1. The summed E-state index contributed by atoms with van der Waals surface area (Å²) in [6.07, 6.45) is 6.43. The van der Waals surface area contributed by atoms with Gasteiger partial charge < -0.3 is 9.84 Å². The zero-order valence-corrected chi connectivity index (χ0v) is 7.68. The van der Waals surface area contributed by atoms with Crippen molar-refractivity contribution in [1.29, 1.82) is 0 Å². The molecule has 1 aliphatic carbocycles. The molecule has 0 aromatic carbocycles. The lowest BCUT2D eigenvalue weighted by molar-refractivity contribution is 0.417. The molecule has 3 nitrogen and oxygen atoms in total. The molecule has 1 saturated carbocycles. The van der Waals surface area contributed by atoms with Crippen LogP contribution in [0.4, 0.5) is 5.88 Å². The van der Waals surface area contributed by atoms with Gasteiger partial charge in [-0.25, -0.2) is 0 Å². The molecule has 0 saturated heterocycles. The number of anilines is 1. The maximum absolute atomic E-state index is 5.26. The maximum atomic E-state index is 5.26. The van der Waals surface area contributed by atoms with Gasteiger partial charge in [0.05, 0.1) is 5.69 Å². The van der Waals surface area contributed by atoms with Gasteiger partial charge in [-0.2, -0.15) is 0 Å². The molecule has 0 amide bonds. The van der Waals surface area contributed by atoms with Crippen LogP contribution in [0.5, 0.6) is 0 Å². The van der Waals surface area contributed by atoms with Crippen molar-refractivity contribution in [3.05, 3.63) is 11.3 Å². The number of rotatable bonds is 1. The van der Waals surface area contributed by atoms with Crippen molar-refractivity contribution in [1.82, 2.24) is 5.16 Å². The highest BCUT2D eigenvalue weighted by Crippen LogP contribution is 2.38. The molecule has 1 aromatic rings. The van der Waals surface area contributed by atoms with Gasteiger partial charge in [0, 0.05) is 18.0 Å². The second-order valence-corrected chi connectivity index (χ2v) is 4.03. The fraction of sp³-hybridized carbons (Fsp3) is 0.700. The molecular formula is C10H14N2O. The van der Waals surface area contributed by atoms with Gasteiger partial charge in [0.15, 0.2) is 0 Å². The van der Waals surface area contributed by atoms with Gasteiger partial charge in [0.25, 0.3) is 0 Å². The topological polar surface area (TPSA) is 38.1 Å². The summed E-state index contributed by atoms with van der Waals surface area (Å²) < 4.78 is 5.26. The van der Waals surface area contributed by atoms with Gasteiger partial charge >= 0.3 is 0 Å². The van der Waals surface area contributed by atoms with Crippen LogP contribution in [0.1, 0.15) is 42.9 Å². The highest BCUT2D eigenvalue weighted by atomic mass is 16.5. The first kappa shape index (κ1) is 7.42. The highest BCUT2D eigenvalue weighted by molar-refractivity contribution is 5.49. The molecule has 2 heterocycles. The van der Waals surface area contributed by atoms with E-state index in [0.29, 0.717) is 5.92 Å².